The van der Waals surface area contributed by atoms with Crippen LogP contribution in [0.1, 0.15) is 28.4 Å². The number of pyridine rings is 1. The molecule has 0 saturated heterocycles. The third kappa shape index (κ3) is 3.55. The molecular weight excluding hydrogens is 238 g/mol. The van der Waals surface area contributed by atoms with Gasteiger partial charge in [-0.15, -0.1) is 0 Å². The van der Waals surface area contributed by atoms with Crippen LogP contribution in [0.2, 0.25) is 0 Å². The molecule has 1 heterocycles. The van der Waals surface area contributed by atoms with Crippen molar-refractivity contribution in [2.24, 2.45) is 0 Å². The second-order valence-electron chi connectivity index (χ2n) is 4.32. The highest BCUT2D eigenvalue weighted by atomic mass is 16.1. The number of benzene rings is 1. The van der Waals surface area contributed by atoms with Crippen LogP contribution in [0, 0.1) is 0 Å². The van der Waals surface area contributed by atoms with Crippen molar-refractivity contribution in [2.75, 3.05) is 5.73 Å². The molecule has 1 amide bonds. The van der Waals surface area contributed by atoms with Crippen LogP contribution in [0.3, 0.4) is 0 Å². The Kier molecular flexibility index (Phi) is 4.13. The highest BCUT2D eigenvalue weighted by Gasteiger charge is 2.05. The van der Waals surface area contributed by atoms with Crippen LogP contribution >= 0.6 is 0 Å². The standard InChI is InChI=1S/C15H17N3O/c1-2-11-3-5-12(6-4-11)10-18-15(19)13-7-8-17-14(16)9-13/h3-9H,2,10H2,1H3,(H2,16,17)(H,18,19). The summed E-state index contributed by atoms with van der Waals surface area (Å²) in [4.78, 5) is 15.8. The summed E-state index contributed by atoms with van der Waals surface area (Å²) in [7, 11) is 0. The van der Waals surface area contributed by atoms with Gasteiger partial charge in [-0.3, -0.25) is 4.79 Å². The number of aromatic nitrogens is 1. The number of nitrogens with two attached hydrogens (primary N) is 1. The maximum absolute atomic E-state index is 11.9. The van der Waals surface area contributed by atoms with E-state index >= 15 is 0 Å². The Morgan fingerprint density at radius 3 is 2.53 bits per heavy atom. The maximum Gasteiger partial charge on any atom is 0.251 e. The van der Waals surface area contributed by atoms with E-state index in [1.807, 2.05) is 12.1 Å². The Morgan fingerprint density at radius 2 is 1.89 bits per heavy atom. The first-order valence-corrected chi connectivity index (χ1v) is 6.26. The fourth-order valence-electron chi connectivity index (χ4n) is 1.77. The van der Waals surface area contributed by atoms with Crippen LogP contribution in [0.4, 0.5) is 5.82 Å². The number of nitrogens with one attached hydrogen (secondary N) is 1. The van der Waals surface area contributed by atoms with Crippen molar-refractivity contribution in [3.05, 3.63) is 59.3 Å². The van der Waals surface area contributed by atoms with Crippen LogP contribution < -0.4 is 11.1 Å². The molecule has 19 heavy (non-hydrogen) atoms. The van der Waals surface area contributed by atoms with E-state index in [9.17, 15) is 4.79 Å². The number of aryl methyl sites for hydroxylation is 1. The Hall–Kier alpha value is -2.36. The van der Waals surface area contributed by atoms with Crippen LogP contribution in [0.5, 0.6) is 0 Å². The fraction of sp³-hybridized carbons (Fsp3) is 0.200. The molecule has 0 atom stereocenters. The van der Waals surface area contributed by atoms with Gasteiger partial charge in [0.15, 0.2) is 0 Å². The number of carbonyl (C=O) groups is 1. The van der Waals surface area contributed by atoms with E-state index in [0.717, 1.165) is 12.0 Å². The number of nitrogen functional groups attached to an aromatic ring is 1. The number of rotatable bonds is 4. The first-order chi connectivity index (χ1) is 9.19. The zero-order valence-corrected chi connectivity index (χ0v) is 10.9. The lowest BCUT2D eigenvalue weighted by Crippen LogP contribution is -2.22. The number of nitrogens with zero attached hydrogens (tertiary/aromatic N) is 1. The Morgan fingerprint density at radius 1 is 1.21 bits per heavy atom. The van der Waals surface area contributed by atoms with Crippen molar-refractivity contribution in [3.8, 4) is 0 Å². The lowest BCUT2D eigenvalue weighted by molar-refractivity contribution is 0.0951. The summed E-state index contributed by atoms with van der Waals surface area (Å²) in [6.07, 6.45) is 2.54. The zero-order valence-electron chi connectivity index (χ0n) is 10.9. The molecule has 2 rings (SSSR count). The largest absolute Gasteiger partial charge is 0.384 e. The topological polar surface area (TPSA) is 68.0 Å². The number of hydrogen-bond donors (Lipinski definition) is 2. The van der Waals surface area contributed by atoms with E-state index in [1.165, 1.54) is 11.8 Å². The molecule has 0 unspecified atom stereocenters. The van der Waals surface area contributed by atoms with Gasteiger partial charge in [0.2, 0.25) is 0 Å². The average Bonchev–Trinajstić information content (AvgIpc) is 2.45. The van der Waals surface area contributed by atoms with Gasteiger partial charge < -0.3 is 11.1 Å². The van der Waals surface area contributed by atoms with Gasteiger partial charge in [-0.05, 0) is 29.7 Å². The van der Waals surface area contributed by atoms with Crippen molar-refractivity contribution < 1.29 is 4.79 Å². The van der Waals surface area contributed by atoms with Crippen LogP contribution in [0.15, 0.2) is 42.6 Å². The molecule has 2 aromatic rings. The monoisotopic (exact) mass is 255 g/mol. The molecule has 0 saturated carbocycles. The van der Waals surface area contributed by atoms with Gasteiger partial charge in [-0.1, -0.05) is 31.2 Å². The number of anilines is 1. The van der Waals surface area contributed by atoms with Crippen molar-refractivity contribution >= 4 is 11.7 Å². The van der Waals surface area contributed by atoms with Gasteiger partial charge in [-0.2, -0.15) is 0 Å². The molecular formula is C15H17N3O. The third-order valence-electron chi connectivity index (χ3n) is 2.93. The normalized spacial score (nSPS) is 10.2. The molecule has 0 aliphatic rings. The highest BCUT2D eigenvalue weighted by Crippen LogP contribution is 2.06. The first kappa shape index (κ1) is 13.1. The molecule has 0 radical (unpaired) electrons. The fourth-order valence-corrected chi connectivity index (χ4v) is 1.77. The lowest BCUT2D eigenvalue weighted by atomic mass is 10.1. The quantitative estimate of drug-likeness (QED) is 0.879. The number of carbonyl (C=O) groups excluding carboxylic acids is 1. The maximum atomic E-state index is 11.9. The summed E-state index contributed by atoms with van der Waals surface area (Å²) in [5, 5.41) is 2.86. The second-order valence-corrected chi connectivity index (χ2v) is 4.32. The minimum absolute atomic E-state index is 0.145. The second kappa shape index (κ2) is 6.00. The summed E-state index contributed by atoms with van der Waals surface area (Å²) < 4.78 is 0. The number of hydrogen-bond acceptors (Lipinski definition) is 3. The third-order valence-corrected chi connectivity index (χ3v) is 2.93. The summed E-state index contributed by atoms with van der Waals surface area (Å²) in [6, 6.07) is 11.4. The van der Waals surface area contributed by atoms with Crippen LogP contribution in [-0.2, 0) is 13.0 Å². The first-order valence-electron chi connectivity index (χ1n) is 6.26. The molecule has 0 spiro atoms. The van der Waals surface area contributed by atoms with Crippen molar-refractivity contribution in [3.63, 3.8) is 0 Å². The Bertz CT molecular complexity index is 564. The molecule has 4 nitrogen and oxygen atoms in total. The minimum Gasteiger partial charge on any atom is -0.384 e. The van der Waals surface area contributed by atoms with E-state index in [0.29, 0.717) is 17.9 Å². The molecule has 3 N–H and O–H groups in total. The average molecular weight is 255 g/mol. The van der Waals surface area contributed by atoms with Gasteiger partial charge in [0.1, 0.15) is 5.82 Å². The molecule has 0 fully saturated rings. The predicted molar refractivity (Wildman–Crippen MR) is 75.6 cm³/mol. The summed E-state index contributed by atoms with van der Waals surface area (Å²) in [5.74, 6) is 0.202. The van der Waals surface area contributed by atoms with E-state index in [2.05, 4.69) is 29.4 Å². The highest BCUT2D eigenvalue weighted by molar-refractivity contribution is 5.94. The van der Waals surface area contributed by atoms with E-state index in [1.54, 1.807) is 12.1 Å². The summed E-state index contributed by atoms with van der Waals surface area (Å²) in [5.41, 5.74) is 8.44. The molecule has 1 aromatic carbocycles. The zero-order chi connectivity index (χ0) is 13.7. The van der Waals surface area contributed by atoms with Gasteiger partial charge >= 0.3 is 0 Å². The van der Waals surface area contributed by atoms with E-state index in [-0.39, 0.29) is 5.91 Å². The molecule has 4 heteroatoms. The molecule has 0 aliphatic heterocycles. The lowest BCUT2D eigenvalue weighted by Gasteiger charge is -2.06. The van der Waals surface area contributed by atoms with Crippen molar-refractivity contribution in [1.29, 1.82) is 0 Å². The van der Waals surface area contributed by atoms with E-state index < -0.39 is 0 Å². The Balaban J connectivity index is 1.96. The minimum atomic E-state index is -0.145. The van der Waals surface area contributed by atoms with Crippen LogP contribution in [-0.4, -0.2) is 10.9 Å². The molecule has 0 bridgehead atoms. The Labute approximate surface area is 112 Å². The van der Waals surface area contributed by atoms with Gasteiger partial charge in [-0.25, -0.2) is 4.98 Å². The van der Waals surface area contributed by atoms with Gasteiger partial charge in [0.25, 0.3) is 5.91 Å². The predicted octanol–water partition coefficient (Wildman–Crippen LogP) is 2.16. The van der Waals surface area contributed by atoms with Crippen molar-refractivity contribution in [1.82, 2.24) is 10.3 Å². The summed E-state index contributed by atoms with van der Waals surface area (Å²) >= 11 is 0. The van der Waals surface area contributed by atoms with Crippen LogP contribution in [0.25, 0.3) is 0 Å². The van der Waals surface area contributed by atoms with Crippen molar-refractivity contribution in [2.45, 2.75) is 19.9 Å². The summed E-state index contributed by atoms with van der Waals surface area (Å²) in [6.45, 7) is 2.62. The molecule has 98 valence electrons. The van der Waals surface area contributed by atoms with Gasteiger partial charge in [0, 0.05) is 18.3 Å². The number of amides is 1. The van der Waals surface area contributed by atoms with Gasteiger partial charge in [0.05, 0.1) is 0 Å². The SMILES string of the molecule is CCc1ccc(CNC(=O)c2ccnc(N)c2)cc1. The smallest absolute Gasteiger partial charge is 0.251 e. The molecule has 1 aromatic heterocycles. The van der Waals surface area contributed by atoms with E-state index in [4.69, 9.17) is 5.73 Å². The molecule has 0 aliphatic carbocycles.